The lowest BCUT2D eigenvalue weighted by molar-refractivity contribution is -0.385. The summed E-state index contributed by atoms with van der Waals surface area (Å²) in [5.41, 5.74) is 1.89. The molecule has 0 aliphatic heterocycles. The highest BCUT2D eigenvalue weighted by Gasteiger charge is 2.31. The van der Waals surface area contributed by atoms with Crippen molar-refractivity contribution in [3.05, 3.63) is 33.9 Å². The van der Waals surface area contributed by atoms with Gasteiger partial charge in [-0.05, 0) is 43.7 Å². The number of anilines is 1. The molecule has 18 heavy (non-hydrogen) atoms. The van der Waals surface area contributed by atoms with E-state index in [1.54, 1.807) is 19.1 Å². The molecule has 0 heterocycles. The summed E-state index contributed by atoms with van der Waals surface area (Å²) in [7, 11) is 0. The minimum absolute atomic E-state index is 0.189. The van der Waals surface area contributed by atoms with E-state index in [1.165, 1.54) is 12.8 Å². The lowest BCUT2D eigenvalue weighted by atomic mass is 9.73. The molecule has 1 aromatic carbocycles. The molecule has 1 saturated carbocycles. The number of hydrogen-bond donors (Lipinski definition) is 1. The Balaban J connectivity index is 1.96. The third-order valence-electron chi connectivity index (χ3n) is 3.88. The highest BCUT2D eigenvalue weighted by atomic mass is 16.6. The molecule has 1 aliphatic rings. The second-order valence-corrected chi connectivity index (χ2v) is 5.58. The molecule has 0 spiro atoms. The standard InChI is InChI=1S/C14H20N2O2/c1-9(2)11-7-13(8-11)15-12-4-5-14(16(17)18)10(3)6-12/h4-6,9,11,13,15H,7-8H2,1-3H3. The molecule has 0 radical (unpaired) electrons. The Morgan fingerprint density at radius 1 is 1.39 bits per heavy atom. The van der Waals surface area contributed by atoms with Gasteiger partial charge in [-0.15, -0.1) is 0 Å². The number of nitrogens with zero attached hydrogens (tertiary/aromatic N) is 1. The maximum Gasteiger partial charge on any atom is 0.272 e. The van der Waals surface area contributed by atoms with Crippen molar-refractivity contribution in [2.45, 2.75) is 39.7 Å². The normalized spacial score (nSPS) is 22.7. The average molecular weight is 248 g/mol. The molecule has 0 atom stereocenters. The fraction of sp³-hybridized carbons (Fsp3) is 0.571. The van der Waals surface area contributed by atoms with Crippen LogP contribution in [0.2, 0.25) is 0 Å². The van der Waals surface area contributed by atoms with Crippen LogP contribution in [0.5, 0.6) is 0 Å². The highest BCUT2D eigenvalue weighted by Crippen LogP contribution is 2.35. The van der Waals surface area contributed by atoms with Gasteiger partial charge in [0.2, 0.25) is 0 Å². The number of nitrogens with one attached hydrogen (secondary N) is 1. The Kier molecular flexibility index (Phi) is 3.55. The molecule has 2 rings (SSSR count). The maximum atomic E-state index is 10.7. The molecule has 0 aromatic heterocycles. The van der Waals surface area contributed by atoms with Crippen LogP contribution in [-0.4, -0.2) is 11.0 Å². The van der Waals surface area contributed by atoms with Gasteiger partial charge in [0.25, 0.3) is 5.69 Å². The predicted octanol–water partition coefficient (Wildman–Crippen LogP) is 3.75. The zero-order chi connectivity index (χ0) is 13.3. The van der Waals surface area contributed by atoms with Crippen molar-refractivity contribution in [2.24, 2.45) is 11.8 Å². The molecular weight excluding hydrogens is 228 g/mol. The van der Waals surface area contributed by atoms with E-state index < -0.39 is 0 Å². The first-order valence-electron chi connectivity index (χ1n) is 6.49. The Hall–Kier alpha value is -1.58. The molecule has 1 N–H and O–H groups in total. The Labute approximate surface area is 108 Å². The van der Waals surface area contributed by atoms with E-state index in [1.807, 2.05) is 6.07 Å². The van der Waals surface area contributed by atoms with E-state index in [2.05, 4.69) is 19.2 Å². The molecule has 0 bridgehead atoms. The van der Waals surface area contributed by atoms with Crippen LogP contribution in [0.3, 0.4) is 0 Å². The Morgan fingerprint density at radius 3 is 2.56 bits per heavy atom. The van der Waals surface area contributed by atoms with E-state index >= 15 is 0 Å². The zero-order valence-electron chi connectivity index (χ0n) is 11.1. The molecule has 0 saturated heterocycles. The maximum absolute atomic E-state index is 10.7. The molecule has 0 amide bonds. The lowest BCUT2D eigenvalue weighted by Crippen LogP contribution is -2.37. The van der Waals surface area contributed by atoms with Crippen LogP contribution < -0.4 is 5.32 Å². The Bertz CT molecular complexity index is 451. The highest BCUT2D eigenvalue weighted by molar-refractivity contribution is 5.54. The van der Waals surface area contributed by atoms with E-state index in [4.69, 9.17) is 0 Å². The number of aryl methyl sites for hydroxylation is 1. The minimum Gasteiger partial charge on any atom is -0.382 e. The van der Waals surface area contributed by atoms with Crippen molar-refractivity contribution >= 4 is 11.4 Å². The summed E-state index contributed by atoms with van der Waals surface area (Å²) in [6.07, 6.45) is 2.40. The van der Waals surface area contributed by atoms with Crippen molar-refractivity contribution in [3.63, 3.8) is 0 Å². The second kappa shape index (κ2) is 4.96. The van der Waals surface area contributed by atoms with Crippen molar-refractivity contribution < 1.29 is 4.92 Å². The monoisotopic (exact) mass is 248 g/mol. The number of nitro benzene ring substituents is 1. The van der Waals surface area contributed by atoms with Gasteiger partial charge < -0.3 is 5.32 Å². The van der Waals surface area contributed by atoms with Gasteiger partial charge in [0.05, 0.1) is 4.92 Å². The molecule has 0 unspecified atom stereocenters. The summed E-state index contributed by atoms with van der Waals surface area (Å²) < 4.78 is 0. The quantitative estimate of drug-likeness (QED) is 0.652. The molecule has 1 fully saturated rings. The minimum atomic E-state index is -0.336. The van der Waals surface area contributed by atoms with Crippen LogP contribution in [0, 0.1) is 28.9 Å². The van der Waals surface area contributed by atoms with Crippen molar-refractivity contribution in [1.82, 2.24) is 0 Å². The molecular formula is C14H20N2O2. The first-order chi connectivity index (χ1) is 8.47. The number of benzene rings is 1. The second-order valence-electron chi connectivity index (χ2n) is 5.58. The largest absolute Gasteiger partial charge is 0.382 e. The van der Waals surface area contributed by atoms with E-state index in [0.717, 1.165) is 17.5 Å². The first kappa shape index (κ1) is 12.9. The number of rotatable bonds is 4. The molecule has 4 nitrogen and oxygen atoms in total. The fourth-order valence-electron chi connectivity index (χ4n) is 2.51. The van der Waals surface area contributed by atoms with Crippen LogP contribution >= 0.6 is 0 Å². The average Bonchev–Trinajstić information content (AvgIpc) is 2.21. The van der Waals surface area contributed by atoms with Gasteiger partial charge in [0, 0.05) is 23.4 Å². The summed E-state index contributed by atoms with van der Waals surface area (Å²) in [5, 5.41) is 14.2. The molecule has 98 valence electrons. The fourth-order valence-corrected chi connectivity index (χ4v) is 2.51. The van der Waals surface area contributed by atoms with Gasteiger partial charge in [-0.25, -0.2) is 0 Å². The van der Waals surface area contributed by atoms with Crippen molar-refractivity contribution in [3.8, 4) is 0 Å². The van der Waals surface area contributed by atoms with E-state index in [-0.39, 0.29) is 10.6 Å². The smallest absolute Gasteiger partial charge is 0.272 e. The first-order valence-corrected chi connectivity index (χ1v) is 6.49. The van der Waals surface area contributed by atoms with Gasteiger partial charge in [-0.2, -0.15) is 0 Å². The summed E-state index contributed by atoms with van der Waals surface area (Å²) in [6.45, 7) is 6.30. The van der Waals surface area contributed by atoms with E-state index in [9.17, 15) is 10.1 Å². The summed E-state index contributed by atoms with van der Waals surface area (Å²) in [6, 6.07) is 5.77. The van der Waals surface area contributed by atoms with Gasteiger partial charge in [-0.3, -0.25) is 10.1 Å². The van der Waals surface area contributed by atoms with Crippen LogP contribution in [-0.2, 0) is 0 Å². The zero-order valence-corrected chi connectivity index (χ0v) is 11.1. The SMILES string of the molecule is Cc1cc(NC2CC(C(C)C)C2)ccc1[N+](=O)[O-]. The summed E-state index contributed by atoms with van der Waals surface area (Å²) in [4.78, 5) is 10.4. The van der Waals surface area contributed by atoms with Crippen molar-refractivity contribution in [1.29, 1.82) is 0 Å². The molecule has 1 aliphatic carbocycles. The van der Waals surface area contributed by atoms with Gasteiger partial charge >= 0.3 is 0 Å². The van der Waals surface area contributed by atoms with Crippen LogP contribution in [0.1, 0.15) is 32.3 Å². The van der Waals surface area contributed by atoms with Gasteiger partial charge in [0.15, 0.2) is 0 Å². The number of nitro groups is 1. The number of hydrogen-bond acceptors (Lipinski definition) is 3. The van der Waals surface area contributed by atoms with Gasteiger partial charge in [0.1, 0.15) is 0 Å². The topological polar surface area (TPSA) is 55.2 Å². The summed E-state index contributed by atoms with van der Waals surface area (Å²) in [5.74, 6) is 1.57. The third-order valence-corrected chi connectivity index (χ3v) is 3.88. The van der Waals surface area contributed by atoms with Crippen LogP contribution in [0.25, 0.3) is 0 Å². The lowest BCUT2D eigenvalue weighted by Gasteiger charge is -2.39. The van der Waals surface area contributed by atoms with Gasteiger partial charge in [-0.1, -0.05) is 13.8 Å². The van der Waals surface area contributed by atoms with E-state index in [0.29, 0.717) is 11.6 Å². The Morgan fingerprint density at radius 2 is 2.06 bits per heavy atom. The van der Waals surface area contributed by atoms with Crippen molar-refractivity contribution in [2.75, 3.05) is 5.32 Å². The predicted molar refractivity (Wildman–Crippen MR) is 72.8 cm³/mol. The molecule has 1 aromatic rings. The third kappa shape index (κ3) is 2.63. The van der Waals surface area contributed by atoms with Crippen LogP contribution in [0.4, 0.5) is 11.4 Å². The summed E-state index contributed by atoms with van der Waals surface area (Å²) >= 11 is 0. The molecule has 4 heteroatoms. The van der Waals surface area contributed by atoms with Crippen LogP contribution in [0.15, 0.2) is 18.2 Å².